The van der Waals surface area contributed by atoms with Crippen LogP contribution in [0.4, 0.5) is 0 Å². The third-order valence-electron chi connectivity index (χ3n) is 12.4. The molecular weight excluding hydrogens is 396 g/mol. The number of rotatable bonds is 1. The molecule has 0 spiro atoms. The average molecular weight is 441 g/mol. The van der Waals surface area contributed by atoms with Crippen LogP contribution >= 0.6 is 0 Å². The van der Waals surface area contributed by atoms with Crippen LogP contribution in [-0.2, 0) is 4.79 Å². The molecule has 0 bridgehead atoms. The van der Waals surface area contributed by atoms with Crippen LogP contribution in [0.3, 0.4) is 0 Å². The number of hydrogen-bond acceptors (Lipinski definition) is 2. The van der Waals surface area contributed by atoms with Crippen molar-refractivity contribution in [2.75, 3.05) is 0 Å². The highest BCUT2D eigenvalue weighted by atomic mass is 16.4. The van der Waals surface area contributed by atoms with Gasteiger partial charge in [-0.3, -0.25) is 4.79 Å². The van der Waals surface area contributed by atoms with Gasteiger partial charge in [-0.2, -0.15) is 0 Å². The summed E-state index contributed by atoms with van der Waals surface area (Å²) in [6.07, 6.45) is 13.4. The van der Waals surface area contributed by atoms with E-state index in [4.69, 9.17) is 0 Å². The Hall–Kier alpha value is -1.09. The fourth-order valence-electron chi connectivity index (χ4n) is 10.1. The zero-order valence-corrected chi connectivity index (χ0v) is 21.1. The maximum atomic E-state index is 12.6. The van der Waals surface area contributed by atoms with Crippen molar-refractivity contribution in [1.29, 1.82) is 0 Å². The van der Waals surface area contributed by atoms with Gasteiger partial charge in [0.05, 0.1) is 11.5 Å². The van der Waals surface area contributed by atoms with Gasteiger partial charge in [-0.1, -0.05) is 57.9 Å². The van der Waals surface area contributed by atoms with Gasteiger partial charge in [-0.05, 0) is 98.2 Å². The third-order valence-corrected chi connectivity index (χ3v) is 12.4. The van der Waals surface area contributed by atoms with E-state index in [1.165, 1.54) is 24.0 Å². The number of allylic oxidation sites excluding steroid dienone is 4. The Kier molecular flexibility index (Phi) is 4.78. The Labute approximate surface area is 194 Å². The van der Waals surface area contributed by atoms with E-state index >= 15 is 0 Å². The van der Waals surface area contributed by atoms with Crippen LogP contribution in [0, 0.1) is 44.8 Å². The smallest absolute Gasteiger partial charge is 0.310 e. The predicted octanol–water partition coefficient (Wildman–Crippen LogP) is 6.76. The summed E-state index contributed by atoms with van der Waals surface area (Å²) in [6, 6.07) is 0. The molecule has 3 nitrogen and oxygen atoms in total. The highest BCUT2D eigenvalue weighted by Crippen LogP contribution is 2.75. The number of fused-ring (bicyclic) bond motifs is 7. The molecule has 0 radical (unpaired) electrons. The second kappa shape index (κ2) is 6.74. The van der Waals surface area contributed by atoms with Crippen molar-refractivity contribution < 1.29 is 15.0 Å². The lowest BCUT2D eigenvalue weighted by Gasteiger charge is -2.70. The van der Waals surface area contributed by atoms with E-state index in [1.807, 2.05) is 0 Å². The fraction of sp³-hybridized carbons (Fsp3) is 0.828. The van der Waals surface area contributed by atoms with Crippen LogP contribution in [0.1, 0.15) is 99.3 Å². The highest BCUT2D eigenvalue weighted by Gasteiger charge is 2.68. The SMILES string of the molecule is CC1=CC[C@]2(C(=O)O)CC[C@]3(C)C(=CC[C@@H]4[C@@]5(C)CC[C@H](O)C(C)(C)C5CC[C@]43C)[C@H]2C1. The average Bonchev–Trinajstić information content (AvgIpc) is 2.71. The number of carboxylic acids is 1. The zero-order chi connectivity index (χ0) is 23.3. The molecule has 3 heteroatoms. The van der Waals surface area contributed by atoms with Crippen molar-refractivity contribution in [2.45, 2.75) is 105 Å². The van der Waals surface area contributed by atoms with E-state index in [0.29, 0.717) is 18.3 Å². The van der Waals surface area contributed by atoms with Crippen molar-refractivity contribution in [1.82, 2.24) is 0 Å². The largest absolute Gasteiger partial charge is 0.481 e. The topological polar surface area (TPSA) is 57.5 Å². The molecule has 178 valence electrons. The summed E-state index contributed by atoms with van der Waals surface area (Å²) in [5.41, 5.74) is 2.72. The molecular formula is C29H44O3. The normalized spacial score (nSPS) is 51.8. The minimum absolute atomic E-state index is 0.0322. The molecule has 5 aliphatic rings. The number of carboxylic acid groups (broad SMARTS) is 1. The molecule has 0 heterocycles. The number of aliphatic carboxylic acids is 1. The molecule has 5 rings (SSSR count). The Bertz CT molecular complexity index is 898. The predicted molar refractivity (Wildman–Crippen MR) is 128 cm³/mol. The van der Waals surface area contributed by atoms with Gasteiger partial charge in [0.1, 0.15) is 0 Å². The maximum absolute atomic E-state index is 12.6. The first-order chi connectivity index (χ1) is 14.8. The van der Waals surface area contributed by atoms with Gasteiger partial charge < -0.3 is 10.2 Å². The van der Waals surface area contributed by atoms with Gasteiger partial charge in [0.2, 0.25) is 0 Å². The first kappa shape index (κ1) is 22.7. The quantitative estimate of drug-likeness (QED) is 0.443. The lowest BCUT2D eigenvalue weighted by atomic mass is 9.34. The molecule has 32 heavy (non-hydrogen) atoms. The molecule has 0 saturated heterocycles. The molecule has 0 aromatic heterocycles. The molecule has 8 atom stereocenters. The number of aliphatic hydroxyl groups excluding tert-OH is 1. The van der Waals surface area contributed by atoms with Gasteiger partial charge in [0, 0.05) is 5.92 Å². The standard InChI is InChI=1S/C29H44O3/c1-18-9-14-29(24(31)32)16-15-27(5)19(20(29)17-18)7-8-22-26(4)12-11-23(30)25(2,3)21(26)10-13-28(22,27)6/h7,9,20-23,30H,8,10-17H2,1-6H3,(H,31,32)/t20-,21?,22-,23+,26+,27-,28-,29+/m1/s1. The van der Waals surface area contributed by atoms with Crippen molar-refractivity contribution in [3.8, 4) is 0 Å². The second-order valence-corrected chi connectivity index (χ2v) is 13.6. The molecule has 1 unspecified atom stereocenters. The van der Waals surface area contributed by atoms with E-state index in [-0.39, 0.29) is 33.7 Å². The molecule has 5 aliphatic carbocycles. The summed E-state index contributed by atoms with van der Waals surface area (Å²) >= 11 is 0. The van der Waals surface area contributed by atoms with Crippen LogP contribution < -0.4 is 0 Å². The monoisotopic (exact) mass is 440 g/mol. The molecule has 2 N–H and O–H groups in total. The lowest BCUT2D eigenvalue weighted by Crippen LogP contribution is -2.64. The molecule has 0 aromatic rings. The van der Waals surface area contributed by atoms with Crippen LogP contribution in [0.15, 0.2) is 23.3 Å². The molecule has 3 saturated carbocycles. The Morgan fingerprint density at radius 2 is 1.69 bits per heavy atom. The number of aliphatic hydroxyl groups is 1. The summed E-state index contributed by atoms with van der Waals surface area (Å²) in [5.74, 6) is 0.723. The Morgan fingerprint density at radius 3 is 2.38 bits per heavy atom. The maximum Gasteiger partial charge on any atom is 0.310 e. The fourth-order valence-corrected chi connectivity index (χ4v) is 10.1. The van der Waals surface area contributed by atoms with Crippen molar-refractivity contribution in [3.05, 3.63) is 23.3 Å². The second-order valence-electron chi connectivity index (χ2n) is 13.6. The van der Waals surface area contributed by atoms with Crippen molar-refractivity contribution >= 4 is 5.97 Å². The van der Waals surface area contributed by atoms with E-state index in [0.717, 1.165) is 38.5 Å². The zero-order valence-electron chi connectivity index (χ0n) is 21.1. The summed E-state index contributed by atoms with van der Waals surface area (Å²) in [6.45, 7) is 14.4. The van der Waals surface area contributed by atoms with E-state index in [2.05, 4.69) is 53.7 Å². The van der Waals surface area contributed by atoms with Gasteiger partial charge in [0.25, 0.3) is 0 Å². The molecule has 0 amide bonds. The molecule has 3 fully saturated rings. The van der Waals surface area contributed by atoms with Crippen LogP contribution in [0.5, 0.6) is 0 Å². The number of hydrogen-bond donors (Lipinski definition) is 2. The van der Waals surface area contributed by atoms with Crippen molar-refractivity contribution in [3.63, 3.8) is 0 Å². The Morgan fingerprint density at radius 1 is 0.969 bits per heavy atom. The van der Waals surface area contributed by atoms with Gasteiger partial charge in [-0.25, -0.2) is 0 Å². The van der Waals surface area contributed by atoms with Gasteiger partial charge >= 0.3 is 5.97 Å². The first-order valence-electron chi connectivity index (χ1n) is 13.1. The van der Waals surface area contributed by atoms with E-state index < -0.39 is 11.4 Å². The van der Waals surface area contributed by atoms with E-state index in [9.17, 15) is 15.0 Å². The van der Waals surface area contributed by atoms with Crippen LogP contribution in [-0.4, -0.2) is 22.3 Å². The minimum Gasteiger partial charge on any atom is -0.481 e. The summed E-state index contributed by atoms with van der Waals surface area (Å²) in [4.78, 5) is 12.6. The van der Waals surface area contributed by atoms with Gasteiger partial charge in [0.15, 0.2) is 0 Å². The van der Waals surface area contributed by atoms with Crippen LogP contribution in [0.2, 0.25) is 0 Å². The van der Waals surface area contributed by atoms with Gasteiger partial charge in [-0.15, -0.1) is 0 Å². The molecule has 0 aromatic carbocycles. The first-order valence-corrected chi connectivity index (χ1v) is 13.1. The summed E-state index contributed by atoms with van der Waals surface area (Å²) in [7, 11) is 0. The lowest BCUT2D eigenvalue weighted by molar-refractivity contribution is -0.203. The molecule has 0 aliphatic heterocycles. The highest BCUT2D eigenvalue weighted by molar-refractivity contribution is 5.77. The van der Waals surface area contributed by atoms with Crippen molar-refractivity contribution in [2.24, 2.45) is 44.8 Å². The van der Waals surface area contributed by atoms with E-state index in [1.54, 1.807) is 0 Å². The Balaban J connectivity index is 1.60. The van der Waals surface area contributed by atoms with Crippen LogP contribution in [0.25, 0.3) is 0 Å². The third kappa shape index (κ3) is 2.55. The summed E-state index contributed by atoms with van der Waals surface area (Å²) in [5, 5.41) is 21.2. The minimum atomic E-state index is -0.605. The number of carbonyl (C=O) groups is 1. The summed E-state index contributed by atoms with van der Waals surface area (Å²) < 4.78 is 0.